The highest BCUT2D eigenvalue weighted by molar-refractivity contribution is 7.15. The van der Waals surface area contributed by atoms with Crippen molar-refractivity contribution in [1.82, 2.24) is 15.3 Å². The van der Waals surface area contributed by atoms with E-state index >= 15 is 0 Å². The molecular weight excluding hydrogens is 330 g/mol. The maximum Gasteiger partial charge on any atom is 0.223 e. The van der Waals surface area contributed by atoms with E-state index < -0.39 is 0 Å². The van der Waals surface area contributed by atoms with Crippen LogP contribution in [0.5, 0.6) is 0 Å². The van der Waals surface area contributed by atoms with E-state index in [2.05, 4.69) is 10.3 Å². The summed E-state index contributed by atoms with van der Waals surface area (Å²) >= 11 is 1.73. The van der Waals surface area contributed by atoms with Gasteiger partial charge in [-0.15, -0.1) is 11.3 Å². The number of amides is 1. The van der Waals surface area contributed by atoms with Gasteiger partial charge in [0.1, 0.15) is 5.01 Å². The first kappa shape index (κ1) is 16.7. The maximum absolute atomic E-state index is 12.7. The minimum Gasteiger partial charge on any atom is -0.353 e. The minimum atomic E-state index is 0.109. The van der Waals surface area contributed by atoms with Crippen molar-refractivity contribution in [2.45, 2.75) is 63.8 Å². The van der Waals surface area contributed by atoms with Crippen LogP contribution in [0.4, 0.5) is 0 Å². The fraction of sp³-hybridized carbons (Fsp3) is 0.550. The van der Waals surface area contributed by atoms with Gasteiger partial charge in [0.05, 0.1) is 5.69 Å². The largest absolute Gasteiger partial charge is 0.353 e. The average Bonchev–Trinajstić information content (AvgIpc) is 2.91. The minimum absolute atomic E-state index is 0.109. The molecule has 25 heavy (non-hydrogen) atoms. The average molecular weight is 356 g/mol. The SMILES string of the molecule is O=C(NC1CCCCCC1)C1CCc2nc(-c3cccnc3)sc2C1. The van der Waals surface area contributed by atoms with E-state index in [1.54, 1.807) is 17.5 Å². The van der Waals surface area contributed by atoms with Crippen molar-refractivity contribution in [3.63, 3.8) is 0 Å². The number of carbonyl (C=O) groups is 1. The second-order valence-corrected chi connectivity index (χ2v) is 8.35. The summed E-state index contributed by atoms with van der Waals surface area (Å²) in [6.45, 7) is 0. The van der Waals surface area contributed by atoms with Gasteiger partial charge in [-0.05, 0) is 44.2 Å². The van der Waals surface area contributed by atoms with Gasteiger partial charge in [0.25, 0.3) is 0 Å². The van der Waals surface area contributed by atoms with Crippen LogP contribution in [0.1, 0.15) is 55.5 Å². The Morgan fingerprint density at radius 3 is 2.76 bits per heavy atom. The molecule has 2 aliphatic rings. The number of nitrogens with zero attached hydrogens (tertiary/aromatic N) is 2. The summed E-state index contributed by atoms with van der Waals surface area (Å²) < 4.78 is 0. The molecule has 2 aliphatic carbocycles. The smallest absolute Gasteiger partial charge is 0.223 e. The first-order valence-electron chi connectivity index (χ1n) is 9.49. The third-order valence-electron chi connectivity index (χ3n) is 5.42. The van der Waals surface area contributed by atoms with Crippen molar-refractivity contribution < 1.29 is 4.79 Å². The van der Waals surface area contributed by atoms with E-state index in [4.69, 9.17) is 4.98 Å². The topological polar surface area (TPSA) is 54.9 Å². The molecule has 0 saturated heterocycles. The second-order valence-electron chi connectivity index (χ2n) is 7.27. The molecule has 0 aromatic carbocycles. The van der Waals surface area contributed by atoms with Crippen LogP contribution in [-0.2, 0) is 17.6 Å². The summed E-state index contributed by atoms with van der Waals surface area (Å²) in [4.78, 5) is 23.0. The molecule has 132 valence electrons. The lowest BCUT2D eigenvalue weighted by molar-refractivity contribution is -0.126. The van der Waals surface area contributed by atoms with Crippen LogP contribution >= 0.6 is 11.3 Å². The molecule has 0 bridgehead atoms. The maximum atomic E-state index is 12.7. The molecule has 1 fully saturated rings. The lowest BCUT2D eigenvalue weighted by atomic mass is 9.90. The van der Waals surface area contributed by atoms with Gasteiger partial charge in [0.15, 0.2) is 0 Å². The summed E-state index contributed by atoms with van der Waals surface area (Å²) in [5.74, 6) is 0.367. The normalized spacial score (nSPS) is 21.4. The number of hydrogen-bond donors (Lipinski definition) is 1. The van der Waals surface area contributed by atoms with Gasteiger partial charge in [-0.3, -0.25) is 9.78 Å². The summed E-state index contributed by atoms with van der Waals surface area (Å²) in [7, 11) is 0. The fourth-order valence-electron chi connectivity index (χ4n) is 3.95. The number of carbonyl (C=O) groups excluding carboxylic acids is 1. The molecule has 1 amide bonds. The zero-order chi connectivity index (χ0) is 17.1. The number of hydrogen-bond acceptors (Lipinski definition) is 4. The zero-order valence-corrected chi connectivity index (χ0v) is 15.4. The Kier molecular flexibility index (Phi) is 5.11. The molecule has 1 atom stereocenters. The van der Waals surface area contributed by atoms with Crippen molar-refractivity contribution in [2.75, 3.05) is 0 Å². The van der Waals surface area contributed by atoms with Crippen LogP contribution in [0.15, 0.2) is 24.5 Å². The number of pyridine rings is 1. The summed E-state index contributed by atoms with van der Waals surface area (Å²) in [5.41, 5.74) is 2.25. The third kappa shape index (κ3) is 3.92. The Bertz CT molecular complexity index is 720. The number of fused-ring (bicyclic) bond motifs is 1. The van der Waals surface area contributed by atoms with Gasteiger partial charge in [-0.25, -0.2) is 4.98 Å². The van der Waals surface area contributed by atoms with Crippen LogP contribution in [0.2, 0.25) is 0 Å². The second kappa shape index (κ2) is 7.65. The van der Waals surface area contributed by atoms with E-state index in [0.717, 1.165) is 42.7 Å². The molecule has 5 heteroatoms. The monoisotopic (exact) mass is 355 g/mol. The van der Waals surface area contributed by atoms with E-state index in [1.165, 1.54) is 36.3 Å². The molecule has 2 aromatic heterocycles. The number of thiazole rings is 1. The van der Waals surface area contributed by atoms with Crippen LogP contribution in [0.3, 0.4) is 0 Å². The molecule has 0 radical (unpaired) electrons. The fourth-order valence-corrected chi connectivity index (χ4v) is 5.13. The van der Waals surface area contributed by atoms with E-state index in [-0.39, 0.29) is 11.8 Å². The molecule has 0 spiro atoms. The summed E-state index contributed by atoms with van der Waals surface area (Å²) in [6.07, 6.45) is 13.7. The van der Waals surface area contributed by atoms with Crippen LogP contribution in [0.25, 0.3) is 10.6 Å². The Labute approximate surface area is 153 Å². The van der Waals surface area contributed by atoms with Gasteiger partial charge < -0.3 is 5.32 Å². The number of rotatable bonds is 3. The highest BCUT2D eigenvalue weighted by Gasteiger charge is 2.29. The number of aromatic nitrogens is 2. The predicted octanol–water partition coefficient (Wildman–Crippen LogP) is 4.15. The molecule has 2 aromatic rings. The first-order valence-corrected chi connectivity index (χ1v) is 10.3. The molecular formula is C20H25N3OS. The predicted molar refractivity (Wildman–Crippen MR) is 100 cm³/mol. The van der Waals surface area contributed by atoms with E-state index in [0.29, 0.717) is 6.04 Å². The highest BCUT2D eigenvalue weighted by atomic mass is 32.1. The molecule has 4 nitrogen and oxygen atoms in total. The molecule has 2 heterocycles. The van der Waals surface area contributed by atoms with Crippen molar-refractivity contribution in [3.05, 3.63) is 35.1 Å². The molecule has 0 aliphatic heterocycles. The number of aryl methyl sites for hydroxylation is 1. The Hall–Kier alpha value is -1.75. The Morgan fingerprint density at radius 1 is 1.16 bits per heavy atom. The van der Waals surface area contributed by atoms with Crippen molar-refractivity contribution in [3.8, 4) is 10.6 Å². The summed E-state index contributed by atoms with van der Waals surface area (Å²) in [6, 6.07) is 4.38. The standard InChI is InChI=1S/C20H25N3OS/c24-19(22-16-7-3-1-2-4-8-16)14-9-10-17-18(12-14)25-20(23-17)15-6-5-11-21-13-15/h5-6,11,13-14,16H,1-4,7-10,12H2,(H,22,24). The van der Waals surface area contributed by atoms with Crippen LogP contribution < -0.4 is 5.32 Å². The van der Waals surface area contributed by atoms with Crippen molar-refractivity contribution in [1.29, 1.82) is 0 Å². The third-order valence-corrected chi connectivity index (χ3v) is 6.59. The Morgan fingerprint density at radius 2 is 2.00 bits per heavy atom. The summed E-state index contributed by atoms with van der Waals surface area (Å²) in [5, 5.41) is 4.36. The molecule has 1 unspecified atom stereocenters. The van der Waals surface area contributed by atoms with Gasteiger partial charge in [-0.1, -0.05) is 25.7 Å². The van der Waals surface area contributed by atoms with Gasteiger partial charge >= 0.3 is 0 Å². The number of nitrogens with one attached hydrogen (secondary N) is 1. The Balaban J connectivity index is 1.42. The van der Waals surface area contributed by atoms with Gasteiger partial charge in [0, 0.05) is 34.8 Å². The van der Waals surface area contributed by atoms with Crippen LogP contribution in [0, 0.1) is 5.92 Å². The zero-order valence-electron chi connectivity index (χ0n) is 14.5. The lowest BCUT2D eigenvalue weighted by Gasteiger charge is -2.24. The molecule has 4 rings (SSSR count). The highest BCUT2D eigenvalue weighted by Crippen LogP contribution is 2.34. The molecule has 1 N–H and O–H groups in total. The van der Waals surface area contributed by atoms with Gasteiger partial charge in [0.2, 0.25) is 5.91 Å². The first-order chi connectivity index (χ1) is 12.3. The quantitative estimate of drug-likeness (QED) is 0.842. The molecule has 1 saturated carbocycles. The van der Waals surface area contributed by atoms with E-state index in [9.17, 15) is 4.79 Å². The van der Waals surface area contributed by atoms with Gasteiger partial charge in [-0.2, -0.15) is 0 Å². The van der Waals surface area contributed by atoms with Crippen molar-refractivity contribution >= 4 is 17.2 Å². The van der Waals surface area contributed by atoms with Crippen molar-refractivity contribution in [2.24, 2.45) is 5.92 Å². The van der Waals surface area contributed by atoms with E-state index in [1.807, 2.05) is 18.3 Å². The lowest BCUT2D eigenvalue weighted by Crippen LogP contribution is -2.40. The van der Waals surface area contributed by atoms with Crippen LogP contribution in [-0.4, -0.2) is 21.9 Å².